The topological polar surface area (TPSA) is 77.8 Å². The number of hydrogen-bond acceptors (Lipinski definition) is 3. The predicted octanol–water partition coefficient (Wildman–Crippen LogP) is 2.46. The first kappa shape index (κ1) is 11.0. The number of benzene rings is 2. The second-order valence-corrected chi connectivity index (χ2v) is 3.62. The summed E-state index contributed by atoms with van der Waals surface area (Å²) in [5.74, 6) is -1.15. The molecule has 2 aromatic rings. The van der Waals surface area contributed by atoms with E-state index in [0.29, 0.717) is 11.1 Å². The number of rotatable bonds is 2. The Morgan fingerprint density at radius 3 is 2.24 bits per heavy atom. The lowest BCUT2D eigenvalue weighted by atomic mass is 10.0. The highest BCUT2D eigenvalue weighted by molar-refractivity contribution is 5.90. The van der Waals surface area contributed by atoms with E-state index < -0.39 is 5.97 Å². The fourth-order valence-electron chi connectivity index (χ4n) is 1.59. The number of carbonyl (C=O) groups is 1. The van der Waals surface area contributed by atoms with Gasteiger partial charge in [0.25, 0.3) is 0 Å². The fourth-order valence-corrected chi connectivity index (χ4v) is 1.59. The Labute approximate surface area is 97.4 Å². The van der Waals surface area contributed by atoms with Crippen LogP contribution in [0, 0.1) is 0 Å². The van der Waals surface area contributed by atoms with Gasteiger partial charge >= 0.3 is 5.97 Å². The van der Waals surface area contributed by atoms with Crippen molar-refractivity contribution in [3.63, 3.8) is 0 Å². The minimum Gasteiger partial charge on any atom is -0.508 e. The number of aromatic carboxylic acids is 1. The summed E-state index contributed by atoms with van der Waals surface area (Å²) < 4.78 is 0. The summed E-state index contributed by atoms with van der Waals surface area (Å²) in [5.41, 5.74) is 1.19. The van der Waals surface area contributed by atoms with Gasteiger partial charge in [-0.25, -0.2) is 4.79 Å². The third kappa shape index (κ3) is 2.36. The van der Waals surface area contributed by atoms with Crippen LogP contribution in [0.15, 0.2) is 42.5 Å². The molecule has 0 amide bonds. The molecule has 2 aromatic carbocycles. The summed E-state index contributed by atoms with van der Waals surface area (Å²) in [4.78, 5) is 10.8. The lowest BCUT2D eigenvalue weighted by Crippen LogP contribution is -1.96. The summed E-state index contributed by atoms with van der Waals surface area (Å²) in [5, 5.41) is 27.7. The Bertz CT molecular complexity index is 575. The molecule has 0 unspecified atom stereocenters. The minimum absolute atomic E-state index is 0.00310. The van der Waals surface area contributed by atoms with Gasteiger partial charge in [-0.15, -0.1) is 0 Å². The van der Waals surface area contributed by atoms with E-state index in [1.165, 1.54) is 30.3 Å². The first-order valence-corrected chi connectivity index (χ1v) is 4.93. The van der Waals surface area contributed by atoms with E-state index in [1.807, 2.05) is 0 Å². The molecule has 3 N–H and O–H groups in total. The van der Waals surface area contributed by atoms with Crippen LogP contribution in [0.2, 0.25) is 0 Å². The van der Waals surface area contributed by atoms with Gasteiger partial charge in [-0.3, -0.25) is 0 Å². The maximum absolute atomic E-state index is 10.8. The Kier molecular flexibility index (Phi) is 2.70. The van der Waals surface area contributed by atoms with Gasteiger partial charge in [-0.05, 0) is 41.5 Å². The maximum atomic E-state index is 10.8. The average Bonchev–Trinajstić information content (AvgIpc) is 2.28. The third-order valence-corrected chi connectivity index (χ3v) is 2.34. The molecule has 0 aliphatic carbocycles. The molecule has 0 saturated heterocycles. The van der Waals surface area contributed by atoms with Gasteiger partial charge in [-0.1, -0.05) is 12.1 Å². The van der Waals surface area contributed by atoms with Gasteiger partial charge < -0.3 is 15.3 Å². The normalized spacial score (nSPS) is 10.1. The zero-order valence-electron chi connectivity index (χ0n) is 8.79. The quantitative estimate of drug-likeness (QED) is 0.740. The van der Waals surface area contributed by atoms with Crippen molar-refractivity contribution in [1.29, 1.82) is 0 Å². The van der Waals surface area contributed by atoms with Crippen LogP contribution in [0.5, 0.6) is 11.5 Å². The van der Waals surface area contributed by atoms with Crippen LogP contribution in [0.25, 0.3) is 11.1 Å². The second-order valence-electron chi connectivity index (χ2n) is 3.62. The van der Waals surface area contributed by atoms with Crippen molar-refractivity contribution in [3.05, 3.63) is 48.0 Å². The first-order chi connectivity index (χ1) is 8.06. The highest BCUT2D eigenvalue weighted by Crippen LogP contribution is 2.27. The lowest BCUT2D eigenvalue weighted by molar-refractivity contribution is 0.0696. The van der Waals surface area contributed by atoms with Crippen molar-refractivity contribution in [2.75, 3.05) is 0 Å². The molecule has 2 rings (SSSR count). The van der Waals surface area contributed by atoms with Crippen LogP contribution in [0.4, 0.5) is 0 Å². The highest BCUT2D eigenvalue weighted by atomic mass is 16.4. The van der Waals surface area contributed by atoms with E-state index in [9.17, 15) is 15.0 Å². The molecule has 4 heteroatoms. The predicted molar refractivity (Wildman–Crippen MR) is 62.2 cm³/mol. The summed E-state index contributed by atoms with van der Waals surface area (Å²) >= 11 is 0. The SMILES string of the molecule is O=C(O)c1cc(O)cc(-c2cccc(O)c2)c1. The molecule has 0 aliphatic rings. The van der Waals surface area contributed by atoms with Gasteiger partial charge in [0.2, 0.25) is 0 Å². The number of phenols is 2. The summed E-state index contributed by atoms with van der Waals surface area (Å²) in [6, 6.07) is 10.5. The number of phenolic OH excluding ortho intramolecular Hbond substituents is 2. The fraction of sp³-hybridized carbons (Fsp3) is 0. The summed E-state index contributed by atoms with van der Waals surface area (Å²) in [6.07, 6.45) is 0. The Balaban J connectivity index is 2.56. The van der Waals surface area contributed by atoms with Crippen molar-refractivity contribution >= 4 is 5.97 Å². The molecule has 0 aliphatic heterocycles. The summed E-state index contributed by atoms with van der Waals surface area (Å²) in [6.45, 7) is 0. The molecule has 4 nitrogen and oxygen atoms in total. The van der Waals surface area contributed by atoms with Crippen molar-refractivity contribution in [2.24, 2.45) is 0 Å². The van der Waals surface area contributed by atoms with Gasteiger partial charge in [0.15, 0.2) is 0 Å². The molecule has 0 saturated carbocycles. The second kappa shape index (κ2) is 4.17. The van der Waals surface area contributed by atoms with E-state index in [-0.39, 0.29) is 17.1 Å². The van der Waals surface area contributed by atoms with Crippen LogP contribution in [-0.4, -0.2) is 21.3 Å². The molecular formula is C13H10O4. The highest BCUT2D eigenvalue weighted by Gasteiger charge is 2.08. The zero-order valence-corrected chi connectivity index (χ0v) is 8.79. The average molecular weight is 230 g/mol. The molecule has 0 atom stereocenters. The van der Waals surface area contributed by atoms with Crippen LogP contribution in [0.1, 0.15) is 10.4 Å². The molecule has 0 radical (unpaired) electrons. The van der Waals surface area contributed by atoms with Crippen LogP contribution < -0.4 is 0 Å². The number of carboxylic acids is 1. The van der Waals surface area contributed by atoms with Gasteiger partial charge in [0.05, 0.1) is 5.56 Å². The maximum Gasteiger partial charge on any atom is 0.335 e. The Morgan fingerprint density at radius 2 is 1.59 bits per heavy atom. The Hall–Kier alpha value is -2.49. The molecule has 0 heterocycles. The van der Waals surface area contributed by atoms with Gasteiger partial charge in [0, 0.05) is 0 Å². The van der Waals surface area contributed by atoms with Crippen LogP contribution in [0.3, 0.4) is 0 Å². The van der Waals surface area contributed by atoms with E-state index in [2.05, 4.69) is 0 Å². The van der Waals surface area contributed by atoms with Crippen molar-refractivity contribution in [1.82, 2.24) is 0 Å². The molecule has 0 fully saturated rings. The van der Waals surface area contributed by atoms with E-state index in [0.717, 1.165) is 0 Å². The molecule has 86 valence electrons. The standard InChI is InChI=1S/C13H10O4/c14-11-3-1-2-8(5-11)9-4-10(13(16)17)7-12(15)6-9/h1-7,14-15H,(H,16,17). The monoisotopic (exact) mass is 230 g/mol. The lowest BCUT2D eigenvalue weighted by Gasteiger charge is -2.05. The largest absolute Gasteiger partial charge is 0.508 e. The molecular weight excluding hydrogens is 220 g/mol. The summed E-state index contributed by atoms with van der Waals surface area (Å²) in [7, 11) is 0. The van der Waals surface area contributed by atoms with Crippen molar-refractivity contribution in [2.45, 2.75) is 0 Å². The first-order valence-electron chi connectivity index (χ1n) is 4.93. The van der Waals surface area contributed by atoms with Crippen LogP contribution in [-0.2, 0) is 0 Å². The zero-order chi connectivity index (χ0) is 12.4. The molecule has 17 heavy (non-hydrogen) atoms. The van der Waals surface area contributed by atoms with E-state index in [1.54, 1.807) is 12.1 Å². The van der Waals surface area contributed by atoms with Crippen LogP contribution >= 0.6 is 0 Å². The smallest absolute Gasteiger partial charge is 0.335 e. The van der Waals surface area contributed by atoms with E-state index >= 15 is 0 Å². The van der Waals surface area contributed by atoms with E-state index in [4.69, 9.17) is 5.11 Å². The molecule has 0 bridgehead atoms. The van der Waals surface area contributed by atoms with Gasteiger partial charge in [-0.2, -0.15) is 0 Å². The van der Waals surface area contributed by atoms with Crippen molar-refractivity contribution in [3.8, 4) is 22.6 Å². The molecule has 0 spiro atoms. The Morgan fingerprint density at radius 1 is 0.882 bits per heavy atom. The van der Waals surface area contributed by atoms with Crippen molar-refractivity contribution < 1.29 is 20.1 Å². The van der Waals surface area contributed by atoms with Gasteiger partial charge in [0.1, 0.15) is 11.5 Å². The molecule has 0 aromatic heterocycles. The number of hydrogen-bond donors (Lipinski definition) is 3. The minimum atomic E-state index is -1.11. The number of carboxylic acid groups (broad SMARTS) is 1. The third-order valence-electron chi connectivity index (χ3n) is 2.34. The number of aromatic hydroxyl groups is 2.